The van der Waals surface area contributed by atoms with Crippen LogP contribution in [-0.2, 0) is 11.8 Å². The Balaban J connectivity index is 1.87. The molecule has 0 aliphatic heterocycles. The second-order valence-electron chi connectivity index (χ2n) is 8.37. The summed E-state index contributed by atoms with van der Waals surface area (Å²) >= 11 is 3.27. The molecule has 2 aromatic carbocycles. The molecule has 0 saturated heterocycles. The van der Waals surface area contributed by atoms with Crippen LogP contribution < -0.4 is 11.2 Å². The number of nitro benzene ring substituents is 1. The number of H-pyrrole nitrogens is 1. The molecule has 0 atom stereocenters. The zero-order valence-electron chi connectivity index (χ0n) is 19.8. The van der Waals surface area contributed by atoms with Crippen molar-refractivity contribution in [1.29, 1.82) is 0 Å². The van der Waals surface area contributed by atoms with E-state index in [-0.39, 0.29) is 51.1 Å². The Morgan fingerprint density at radius 3 is 2.38 bits per heavy atom. The first-order valence-corrected chi connectivity index (χ1v) is 12.5. The van der Waals surface area contributed by atoms with Gasteiger partial charge in [0.1, 0.15) is 17.2 Å². The molecule has 0 amide bonds. The summed E-state index contributed by atoms with van der Waals surface area (Å²) in [6.07, 6.45) is 5.51. The maximum absolute atomic E-state index is 14.7. The van der Waals surface area contributed by atoms with Crippen LogP contribution in [0.1, 0.15) is 16.7 Å². The average molecular weight is 595 g/mol. The van der Waals surface area contributed by atoms with E-state index >= 15 is 0 Å². The minimum atomic E-state index is -0.895. The predicted molar refractivity (Wildman–Crippen MR) is 141 cm³/mol. The number of rotatable bonds is 7. The molecule has 0 unspecified atom stereocenters. The van der Waals surface area contributed by atoms with Crippen LogP contribution in [0.4, 0.5) is 14.5 Å². The van der Waals surface area contributed by atoms with E-state index in [2.05, 4.69) is 31.0 Å². The SMILES string of the molecule is O=c1ccn(-c2c(Cc3c(F)cccc3F)cc(CBr)c([N+](=O)[O-])c2-c2ccc(-n3cccn3)cn2)c(=O)[nH]1. The van der Waals surface area contributed by atoms with E-state index < -0.39 is 27.8 Å². The van der Waals surface area contributed by atoms with E-state index in [0.29, 0.717) is 5.69 Å². The molecule has 5 rings (SSSR count). The Bertz CT molecular complexity index is 1800. The Kier molecular flexibility index (Phi) is 6.98. The lowest BCUT2D eigenvalue weighted by molar-refractivity contribution is -0.384. The molecule has 0 aliphatic carbocycles. The second-order valence-corrected chi connectivity index (χ2v) is 8.93. The van der Waals surface area contributed by atoms with Gasteiger partial charge in [-0.1, -0.05) is 22.0 Å². The highest BCUT2D eigenvalue weighted by Gasteiger charge is 2.30. The number of hydrogen-bond acceptors (Lipinski definition) is 6. The Hall–Kier alpha value is -4.78. The summed E-state index contributed by atoms with van der Waals surface area (Å²) in [4.78, 5) is 43.1. The topological polar surface area (TPSA) is 129 Å². The molecule has 3 heterocycles. The number of aromatic amines is 1. The normalized spacial score (nSPS) is 11.1. The predicted octanol–water partition coefficient (Wildman–Crippen LogP) is 4.45. The molecule has 196 valence electrons. The third-order valence-corrected chi connectivity index (χ3v) is 6.63. The van der Waals surface area contributed by atoms with Gasteiger partial charge in [0.25, 0.3) is 11.2 Å². The van der Waals surface area contributed by atoms with Crippen LogP contribution in [0, 0.1) is 21.7 Å². The highest BCUT2D eigenvalue weighted by Crippen LogP contribution is 2.41. The zero-order chi connectivity index (χ0) is 27.7. The molecule has 0 spiro atoms. The summed E-state index contributed by atoms with van der Waals surface area (Å²) in [5.74, 6) is -1.64. The van der Waals surface area contributed by atoms with Crippen LogP contribution in [-0.4, -0.2) is 29.2 Å². The number of nitrogens with one attached hydrogen (secondary N) is 1. The van der Waals surface area contributed by atoms with E-state index in [1.165, 1.54) is 24.4 Å². The third-order valence-electron chi connectivity index (χ3n) is 6.02. The summed E-state index contributed by atoms with van der Waals surface area (Å²) in [7, 11) is 0. The van der Waals surface area contributed by atoms with Gasteiger partial charge in [0.2, 0.25) is 0 Å². The fraction of sp³-hybridized carbons (Fsp3) is 0.0769. The monoisotopic (exact) mass is 594 g/mol. The molecule has 0 saturated carbocycles. The largest absolute Gasteiger partial charge is 0.332 e. The molecule has 3 aromatic heterocycles. The van der Waals surface area contributed by atoms with E-state index in [1.807, 2.05) is 0 Å². The first-order valence-electron chi connectivity index (χ1n) is 11.4. The van der Waals surface area contributed by atoms with E-state index in [4.69, 9.17) is 0 Å². The molecule has 39 heavy (non-hydrogen) atoms. The minimum Gasteiger partial charge on any atom is -0.274 e. The summed E-state index contributed by atoms with van der Waals surface area (Å²) in [5, 5.41) is 16.6. The van der Waals surface area contributed by atoms with Crippen molar-refractivity contribution in [2.75, 3.05) is 0 Å². The van der Waals surface area contributed by atoms with Gasteiger partial charge in [-0.3, -0.25) is 29.4 Å². The second kappa shape index (κ2) is 10.5. The lowest BCUT2D eigenvalue weighted by Gasteiger charge is -2.19. The van der Waals surface area contributed by atoms with Gasteiger partial charge in [-0.05, 0) is 42.0 Å². The molecular formula is C26H17BrF2N6O4. The number of nitro groups is 1. The third kappa shape index (κ3) is 4.91. The van der Waals surface area contributed by atoms with E-state index in [1.54, 1.807) is 29.2 Å². The Morgan fingerprint density at radius 1 is 1.03 bits per heavy atom. The van der Waals surface area contributed by atoms with Crippen molar-refractivity contribution >= 4 is 21.6 Å². The van der Waals surface area contributed by atoms with Gasteiger partial charge < -0.3 is 0 Å². The van der Waals surface area contributed by atoms with E-state index in [9.17, 15) is 28.5 Å². The van der Waals surface area contributed by atoms with Gasteiger partial charge in [0.15, 0.2) is 0 Å². The number of hydrogen-bond donors (Lipinski definition) is 1. The molecule has 10 nitrogen and oxygen atoms in total. The van der Waals surface area contributed by atoms with Crippen molar-refractivity contribution in [3.8, 4) is 22.6 Å². The first-order chi connectivity index (χ1) is 18.8. The van der Waals surface area contributed by atoms with Crippen LogP contribution in [0.3, 0.4) is 0 Å². The fourth-order valence-corrected chi connectivity index (χ4v) is 4.75. The van der Waals surface area contributed by atoms with Crippen molar-refractivity contribution in [2.45, 2.75) is 11.8 Å². The summed E-state index contributed by atoms with van der Waals surface area (Å²) in [6.45, 7) is 0. The van der Waals surface area contributed by atoms with E-state index in [0.717, 1.165) is 29.0 Å². The number of halogens is 3. The van der Waals surface area contributed by atoms with Gasteiger partial charge in [-0.25, -0.2) is 18.3 Å². The maximum atomic E-state index is 14.7. The maximum Gasteiger partial charge on any atom is 0.332 e. The van der Waals surface area contributed by atoms with Crippen molar-refractivity contribution in [3.63, 3.8) is 0 Å². The molecule has 1 N–H and O–H groups in total. The van der Waals surface area contributed by atoms with Crippen molar-refractivity contribution in [1.82, 2.24) is 24.3 Å². The molecule has 0 radical (unpaired) electrons. The number of nitrogens with zero attached hydrogens (tertiary/aromatic N) is 5. The minimum absolute atomic E-state index is 0.0231. The van der Waals surface area contributed by atoms with Gasteiger partial charge in [-0.15, -0.1) is 0 Å². The van der Waals surface area contributed by atoms with Crippen LogP contribution in [0.15, 0.2) is 82.9 Å². The number of alkyl halides is 1. The van der Waals surface area contributed by atoms with Gasteiger partial charge >= 0.3 is 5.69 Å². The van der Waals surface area contributed by atoms with Crippen molar-refractivity contribution < 1.29 is 13.7 Å². The molecule has 0 fully saturated rings. The van der Waals surface area contributed by atoms with Gasteiger partial charge in [0.05, 0.1) is 28.2 Å². The summed E-state index contributed by atoms with van der Waals surface area (Å²) < 4.78 is 31.9. The lowest BCUT2D eigenvalue weighted by atomic mass is 9.93. The first kappa shape index (κ1) is 25.9. The Morgan fingerprint density at radius 2 is 1.79 bits per heavy atom. The average Bonchev–Trinajstić information content (AvgIpc) is 3.45. The van der Waals surface area contributed by atoms with Crippen molar-refractivity contribution in [3.05, 3.63) is 133 Å². The van der Waals surface area contributed by atoms with Crippen LogP contribution in [0.25, 0.3) is 22.6 Å². The highest BCUT2D eigenvalue weighted by atomic mass is 79.9. The summed E-state index contributed by atoms with van der Waals surface area (Å²) in [5.41, 5.74) is -1.28. The smallest absolute Gasteiger partial charge is 0.274 e. The highest BCUT2D eigenvalue weighted by molar-refractivity contribution is 9.08. The molecule has 5 aromatic rings. The fourth-order valence-electron chi connectivity index (χ4n) is 4.32. The molecular weight excluding hydrogens is 578 g/mol. The van der Waals surface area contributed by atoms with Crippen LogP contribution in [0.2, 0.25) is 0 Å². The van der Waals surface area contributed by atoms with Crippen LogP contribution in [0.5, 0.6) is 0 Å². The van der Waals surface area contributed by atoms with Gasteiger partial charge in [0, 0.05) is 47.5 Å². The molecule has 0 aliphatic rings. The zero-order valence-corrected chi connectivity index (χ0v) is 21.4. The Labute approximate surface area is 226 Å². The van der Waals surface area contributed by atoms with Gasteiger partial charge in [-0.2, -0.15) is 5.10 Å². The number of pyridine rings is 1. The molecule has 13 heteroatoms. The number of aromatic nitrogens is 5. The molecule has 0 bridgehead atoms. The van der Waals surface area contributed by atoms with Crippen LogP contribution >= 0.6 is 15.9 Å². The standard InChI is InChI=1S/C26H17BrF2N6O4/c27-13-16-11-15(12-18-19(28)3-1-4-20(18)29)24(33-10-7-22(36)32-26(33)37)23(25(16)35(38)39)21-6-5-17(14-30-21)34-9-2-8-31-34/h1-11,14H,12-13H2,(H,32,36,37). The summed E-state index contributed by atoms with van der Waals surface area (Å²) in [6, 6.07) is 10.8. The quantitative estimate of drug-likeness (QED) is 0.168. The number of benzene rings is 2. The van der Waals surface area contributed by atoms with Crippen molar-refractivity contribution in [2.24, 2.45) is 0 Å². The lowest BCUT2D eigenvalue weighted by Crippen LogP contribution is -2.29.